The predicted molar refractivity (Wildman–Crippen MR) is 33.9 cm³/mol. The molecule has 0 aromatic rings. The van der Waals surface area contributed by atoms with Gasteiger partial charge in [-0.3, -0.25) is 4.79 Å². The van der Waals surface area contributed by atoms with Crippen LogP contribution in [0.5, 0.6) is 0 Å². The van der Waals surface area contributed by atoms with Crippen molar-refractivity contribution in [2.24, 2.45) is 5.18 Å². The lowest BCUT2D eigenvalue weighted by Gasteiger charge is -1.98. The fraction of sp³-hybridized carbons (Fsp3) is 0.800. The Morgan fingerprint density at radius 3 is 2.89 bits per heavy atom. The molecule has 0 aromatic heterocycles. The smallest absolute Gasteiger partial charge is 0.207 e. The highest BCUT2D eigenvalue weighted by molar-refractivity contribution is 5.45. The van der Waals surface area contributed by atoms with Crippen LogP contribution in [-0.2, 0) is 4.79 Å². The maximum atomic E-state index is 9.73. The summed E-state index contributed by atoms with van der Waals surface area (Å²) >= 11 is 0. The summed E-state index contributed by atoms with van der Waals surface area (Å²) in [6.07, 6.45) is 1.22. The van der Waals surface area contributed by atoms with E-state index in [4.69, 9.17) is 0 Å². The first-order valence-corrected chi connectivity index (χ1v) is 2.80. The number of nitrogens with zero attached hydrogens (tertiary/aromatic N) is 1. The van der Waals surface area contributed by atoms with Crippen LogP contribution in [-0.4, -0.2) is 19.0 Å². The molecule has 9 heavy (non-hydrogen) atoms. The van der Waals surface area contributed by atoms with Gasteiger partial charge in [0.05, 0.1) is 6.04 Å². The third kappa shape index (κ3) is 4.93. The Labute approximate surface area is 53.6 Å². The first kappa shape index (κ1) is 8.07. The molecule has 0 fully saturated rings. The van der Waals surface area contributed by atoms with Gasteiger partial charge in [0.15, 0.2) is 0 Å². The molecule has 0 saturated heterocycles. The number of nitroso groups, excluding NO2 is 1. The molecule has 0 radical (unpaired) electrons. The predicted octanol–water partition coefficient (Wildman–Crippen LogP) is 0.277. The van der Waals surface area contributed by atoms with Crippen LogP contribution in [0.25, 0.3) is 0 Å². The summed E-state index contributed by atoms with van der Waals surface area (Å²) in [7, 11) is 0. The number of rotatable bonds is 5. The minimum Gasteiger partial charge on any atom is -0.359 e. The van der Waals surface area contributed by atoms with Crippen molar-refractivity contribution in [2.75, 3.05) is 6.54 Å². The van der Waals surface area contributed by atoms with Gasteiger partial charge in [-0.2, -0.15) is 4.91 Å². The monoisotopic (exact) mass is 130 g/mol. The Kier molecular flexibility index (Phi) is 4.67. The van der Waals surface area contributed by atoms with Gasteiger partial charge in [0.1, 0.15) is 0 Å². The molecule has 52 valence electrons. The Hall–Kier alpha value is -0.930. The van der Waals surface area contributed by atoms with Crippen LogP contribution < -0.4 is 5.32 Å². The zero-order chi connectivity index (χ0) is 7.11. The summed E-state index contributed by atoms with van der Waals surface area (Å²) in [6, 6.07) is -0.197. The van der Waals surface area contributed by atoms with E-state index < -0.39 is 0 Å². The van der Waals surface area contributed by atoms with Crippen molar-refractivity contribution in [2.45, 2.75) is 19.4 Å². The Balaban J connectivity index is 3.05. The summed E-state index contributed by atoms with van der Waals surface area (Å²) in [5.41, 5.74) is 0. The molecule has 1 amide bonds. The van der Waals surface area contributed by atoms with E-state index in [1.165, 1.54) is 0 Å². The molecule has 0 spiro atoms. The molecule has 0 aliphatic rings. The molecule has 0 bridgehead atoms. The van der Waals surface area contributed by atoms with Gasteiger partial charge < -0.3 is 5.32 Å². The average molecular weight is 130 g/mol. The molecule has 1 atom stereocenters. The maximum Gasteiger partial charge on any atom is 0.207 e. The summed E-state index contributed by atoms with van der Waals surface area (Å²) in [5.74, 6) is 0. The SMILES string of the molecule is CC(CCNC=O)N=O. The second-order valence-corrected chi connectivity index (χ2v) is 1.82. The fourth-order valence-electron chi connectivity index (χ4n) is 0.404. The van der Waals surface area contributed by atoms with Gasteiger partial charge in [-0.15, -0.1) is 0 Å². The van der Waals surface area contributed by atoms with Crippen molar-refractivity contribution >= 4 is 6.41 Å². The van der Waals surface area contributed by atoms with Crippen molar-refractivity contribution in [1.29, 1.82) is 0 Å². The Morgan fingerprint density at radius 2 is 2.44 bits per heavy atom. The van der Waals surface area contributed by atoms with E-state index in [9.17, 15) is 9.70 Å². The average Bonchev–Trinajstić information content (AvgIpc) is 1.89. The van der Waals surface area contributed by atoms with Crippen molar-refractivity contribution in [3.8, 4) is 0 Å². The summed E-state index contributed by atoms with van der Waals surface area (Å²) in [5, 5.41) is 5.19. The lowest BCUT2D eigenvalue weighted by molar-refractivity contribution is -0.109. The van der Waals surface area contributed by atoms with E-state index in [0.29, 0.717) is 19.4 Å². The molecule has 0 rings (SSSR count). The quantitative estimate of drug-likeness (QED) is 0.330. The number of nitrogens with one attached hydrogen (secondary N) is 1. The second kappa shape index (κ2) is 5.21. The Morgan fingerprint density at radius 1 is 1.78 bits per heavy atom. The highest BCUT2D eigenvalue weighted by atomic mass is 16.3. The molecule has 0 saturated carbocycles. The van der Waals surface area contributed by atoms with Gasteiger partial charge in [0.2, 0.25) is 6.41 Å². The lowest BCUT2D eigenvalue weighted by Crippen LogP contribution is -2.15. The molecule has 0 aliphatic heterocycles. The van der Waals surface area contributed by atoms with Gasteiger partial charge in [0, 0.05) is 6.54 Å². The van der Waals surface area contributed by atoms with Gasteiger partial charge in [-0.25, -0.2) is 0 Å². The molecule has 4 heteroatoms. The van der Waals surface area contributed by atoms with Crippen LogP contribution in [0.15, 0.2) is 5.18 Å². The van der Waals surface area contributed by atoms with E-state index in [2.05, 4.69) is 10.5 Å². The van der Waals surface area contributed by atoms with Crippen molar-refractivity contribution in [3.05, 3.63) is 4.91 Å². The van der Waals surface area contributed by atoms with Crippen molar-refractivity contribution in [3.63, 3.8) is 0 Å². The number of hydrogen-bond acceptors (Lipinski definition) is 3. The van der Waals surface area contributed by atoms with Gasteiger partial charge in [-0.05, 0) is 13.3 Å². The van der Waals surface area contributed by atoms with E-state index in [1.54, 1.807) is 6.92 Å². The van der Waals surface area contributed by atoms with Crippen molar-refractivity contribution < 1.29 is 4.79 Å². The third-order valence-corrected chi connectivity index (χ3v) is 0.970. The first-order chi connectivity index (χ1) is 4.31. The van der Waals surface area contributed by atoms with E-state index in [1.807, 2.05) is 0 Å². The zero-order valence-electron chi connectivity index (χ0n) is 5.33. The molecular weight excluding hydrogens is 120 g/mol. The number of amides is 1. The summed E-state index contributed by atoms with van der Waals surface area (Å²) < 4.78 is 0. The molecule has 0 heterocycles. The fourth-order valence-corrected chi connectivity index (χ4v) is 0.404. The van der Waals surface area contributed by atoms with E-state index in [0.717, 1.165) is 0 Å². The highest BCUT2D eigenvalue weighted by Gasteiger charge is 1.97. The molecule has 1 unspecified atom stereocenters. The topological polar surface area (TPSA) is 58.5 Å². The highest BCUT2D eigenvalue weighted by Crippen LogP contribution is 1.91. The summed E-state index contributed by atoms with van der Waals surface area (Å²) in [6.45, 7) is 2.23. The normalized spacial score (nSPS) is 12.1. The number of carbonyl (C=O) groups excluding carboxylic acids is 1. The van der Waals surface area contributed by atoms with E-state index in [-0.39, 0.29) is 6.04 Å². The largest absolute Gasteiger partial charge is 0.359 e. The third-order valence-electron chi connectivity index (χ3n) is 0.970. The van der Waals surface area contributed by atoms with Gasteiger partial charge in [0.25, 0.3) is 0 Å². The molecule has 0 aliphatic carbocycles. The van der Waals surface area contributed by atoms with Crippen LogP contribution >= 0.6 is 0 Å². The van der Waals surface area contributed by atoms with E-state index >= 15 is 0 Å². The molecule has 4 nitrogen and oxygen atoms in total. The maximum absolute atomic E-state index is 9.73. The lowest BCUT2D eigenvalue weighted by atomic mass is 10.2. The van der Waals surface area contributed by atoms with Crippen LogP contribution in [0.4, 0.5) is 0 Å². The Bertz CT molecular complexity index is 95.0. The second-order valence-electron chi connectivity index (χ2n) is 1.82. The standard InChI is InChI=1S/C5H10N2O2/c1-5(7-9)2-3-6-4-8/h4-5H,2-3H2,1H3,(H,6,8). The zero-order valence-corrected chi connectivity index (χ0v) is 5.33. The van der Waals surface area contributed by atoms with Gasteiger partial charge >= 0.3 is 0 Å². The van der Waals surface area contributed by atoms with Crippen LogP contribution in [0.3, 0.4) is 0 Å². The molecule has 1 N–H and O–H groups in total. The van der Waals surface area contributed by atoms with Crippen LogP contribution in [0, 0.1) is 4.91 Å². The number of hydrogen-bond donors (Lipinski definition) is 1. The van der Waals surface area contributed by atoms with Crippen LogP contribution in [0.1, 0.15) is 13.3 Å². The minimum absolute atomic E-state index is 0.197. The molecular formula is C5H10N2O2. The first-order valence-electron chi connectivity index (χ1n) is 2.80. The number of carbonyl (C=O) groups is 1. The van der Waals surface area contributed by atoms with Crippen molar-refractivity contribution in [1.82, 2.24) is 5.32 Å². The van der Waals surface area contributed by atoms with Gasteiger partial charge in [-0.1, -0.05) is 5.18 Å². The molecule has 0 aromatic carbocycles. The minimum atomic E-state index is -0.197. The summed E-state index contributed by atoms with van der Waals surface area (Å²) in [4.78, 5) is 19.4. The van der Waals surface area contributed by atoms with Crippen LogP contribution in [0.2, 0.25) is 0 Å².